The SMILES string of the molecule is COCCCNS(=O)(=O)CCc1ccc(C(C)(C)C)cc1. The second kappa shape index (κ2) is 7.92. The molecule has 0 aliphatic heterocycles. The lowest BCUT2D eigenvalue weighted by Crippen LogP contribution is -2.28. The van der Waals surface area contributed by atoms with Gasteiger partial charge in [0.15, 0.2) is 0 Å². The van der Waals surface area contributed by atoms with Crippen LogP contribution in [0.1, 0.15) is 38.3 Å². The largest absolute Gasteiger partial charge is 0.385 e. The third-order valence-electron chi connectivity index (χ3n) is 3.33. The number of hydrogen-bond donors (Lipinski definition) is 1. The van der Waals surface area contributed by atoms with E-state index >= 15 is 0 Å². The van der Waals surface area contributed by atoms with Crippen molar-refractivity contribution in [2.45, 2.75) is 39.0 Å². The van der Waals surface area contributed by atoms with Crippen LogP contribution in [0.4, 0.5) is 0 Å². The van der Waals surface area contributed by atoms with Crippen molar-refractivity contribution in [1.82, 2.24) is 4.72 Å². The van der Waals surface area contributed by atoms with Gasteiger partial charge in [-0.2, -0.15) is 0 Å². The molecule has 0 aromatic heterocycles. The van der Waals surface area contributed by atoms with Gasteiger partial charge in [0.05, 0.1) is 5.75 Å². The Balaban J connectivity index is 2.47. The first-order valence-corrected chi connectivity index (χ1v) is 8.95. The molecule has 0 aliphatic rings. The molecule has 1 aromatic rings. The molecule has 1 rings (SSSR count). The molecule has 0 spiro atoms. The Morgan fingerprint density at radius 3 is 2.29 bits per heavy atom. The first kappa shape index (κ1) is 18.1. The van der Waals surface area contributed by atoms with Gasteiger partial charge in [0.25, 0.3) is 0 Å². The second-order valence-electron chi connectivity index (χ2n) is 6.26. The Hall–Kier alpha value is -0.910. The lowest BCUT2D eigenvalue weighted by atomic mass is 9.86. The third kappa shape index (κ3) is 7.07. The minimum Gasteiger partial charge on any atom is -0.385 e. The molecule has 1 aromatic carbocycles. The van der Waals surface area contributed by atoms with Gasteiger partial charge in [-0.1, -0.05) is 45.0 Å². The van der Waals surface area contributed by atoms with E-state index in [0.717, 1.165) is 5.56 Å². The zero-order chi connectivity index (χ0) is 15.9. The van der Waals surface area contributed by atoms with E-state index in [2.05, 4.69) is 37.6 Å². The van der Waals surface area contributed by atoms with Gasteiger partial charge in [0.1, 0.15) is 0 Å². The van der Waals surface area contributed by atoms with E-state index in [4.69, 9.17) is 4.74 Å². The summed E-state index contributed by atoms with van der Waals surface area (Å²) < 4.78 is 31.2. The van der Waals surface area contributed by atoms with Crippen molar-refractivity contribution in [2.75, 3.05) is 26.0 Å². The molecule has 0 atom stereocenters. The average Bonchev–Trinajstić information content (AvgIpc) is 2.41. The van der Waals surface area contributed by atoms with E-state index in [1.165, 1.54) is 5.56 Å². The van der Waals surface area contributed by atoms with Crippen molar-refractivity contribution in [1.29, 1.82) is 0 Å². The maximum atomic E-state index is 11.8. The standard InChI is InChI=1S/C16H27NO3S/c1-16(2,3)15-8-6-14(7-9-15)10-13-21(18,19)17-11-5-12-20-4/h6-9,17H,5,10-13H2,1-4H3. The Morgan fingerprint density at radius 2 is 1.76 bits per heavy atom. The monoisotopic (exact) mass is 313 g/mol. The third-order valence-corrected chi connectivity index (χ3v) is 4.71. The number of aryl methyl sites for hydroxylation is 1. The van der Waals surface area contributed by atoms with Gasteiger partial charge in [-0.05, 0) is 29.4 Å². The average molecular weight is 313 g/mol. The fourth-order valence-electron chi connectivity index (χ4n) is 1.94. The van der Waals surface area contributed by atoms with E-state index in [1.807, 2.05) is 12.1 Å². The van der Waals surface area contributed by atoms with E-state index < -0.39 is 10.0 Å². The van der Waals surface area contributed by atoms with Gasteiger partial charge in [-0.15, -0.1) is 0 Å². The summed E-state index contributed by atoms with van der Waals surface area (Å²) >= 11 is 0. The number of rotatable bonds is 8. The van der Waals surface area contributed by atoms with Gasteiger partial charge >= 0.3 is 0 Å². The van der Waals surface area contributed by atoms with Crippen molar-refractivity contribution in [2.24, 2.45) is 0 Å². The van der Waals surface area contributed by atoms with E-state index in [0.29, 0.717) is 26.0 Å². The van der Waals surface area contributed by atoms with Crippen LogP contribution in [0.3, 0.4) is 0 Å². The van der Waals surface area contributed by atoms with Gasteiger partial charge < -0.3 is 4.74 Å². The first-order chi connectivity index (χ1) is 9.74. The van der Waals surface area contributed by atoms with Crippen LogP contribution in [-0.4, -0.2) is 34.4 Å². The predicted molar refractivity (Wildman–Crippen MR) is 87.1 cm³/mol. The van der Waals surface area contributed by atoms with E-state index in [-0.39, 0.29) is 11.2 Å². The summed E-state index contributed by atoms with van der Waals surface area (Å²) in [6.07, 6.45) is 1.22. The topological polar surface area (TPSA) is 55.4 Å². The lowest BCUT2D eigenvalue weighted by molar-refractivity contribution is 0.196. The number of ether oxygens (including phenoxy) is 1. The Morgan fingerprint density at radius 1 is 1.14 bits per heavy atom. The van der Waals surface area contributed by atoms with Crippen LogP contribution in [0.2, 0.25) is 0 Å². The summed E-state index contributed by atoms with van der Waals surface area (Å²) in [4.78, 5) is 0. The van der Waals surface area contributed by atoms with Crippen molar-refractivity contribution < 1.29 is 13.2 Å². The minimum atomic E-state index is -3.20. The number of benzene rings is 1. The second-order valence-corrected chi connectivity index (χ2v) is 8.18. The maximum absolute atomic E-state index is 11.8. The van der Waals surface area contributed by atoms with Crippen molar-refractivity contribution in [3.05, 3.63) is 35.4 Å². The molecule has 5 heteroatoms. The van der Waals surface area contributed by atoms with Crippen LogP contribution in [-0.2, 0) is 26.6 Å². The Labute approximate surface area is 129 Å². The van der Waals surface area contributed by atoms with Crippen LogP contribution < -0.4 is 4.72 Å². The molecule has 0 amide bonds. The number of hydrogen-bond acceptors (Lipinski definition) is 3. The fraction of sp³-hybridized carbons (Fsp3) is 0.625. The molecule has 0 radical (unpaired) electrons. The molecule has 120 valence electrons. The lowest BCUT2D eigenvalue weighted by Gasteiger charge is -2.19. The molecule has 4 nitrogen and oxygen atoms in total. The quantitative estimate of drug-likeness (QED) is 0.750. The minimum absolute atomic E-state index is 0.119. The highest BCUT2D eigenvalue weighted by molar-refractivity contribution is 7.89. The normalized spacial score (nSPS) is 12.6. The molecule has 0 fully saturated rings. The van der Waals surface area contributed by atoms with Crippen molar-refractivity contribution >= 4 is 10.0 Å². The molecule has 1 N–H and O–H groups in total. The molecule has 0 saturated heterocycles. The zero-order valence-corrected chi connectivity index (χ0v) is 14.3. The molecule has 0 bridgehead atoms. The highest BCUT2D eigenvalue weighted by atomic mass is 32.2. The van der Waals surface area contributed by atoms with E-state index in [1.54, 1.807) is 7.11 Å². The summed E-state index contributed by atoms with van der Waals surface area (Å²) in [6.45, 7) is 7.49. The van der Waals surface area contributed by atoms with Crippen molar-refractivity contribution in [3.8, 4) is 0 Å². The summed E-state index contributed by atoms with van der Waals surface area (Å²) in [7, 11) is -1.60. The molecule has 0 aliphatic carbocycles. The summed E-state index contributed by atoms with van der Waals surface area (Å²) in [5.74, 6) is 0.120. The molecular weight excluding hydrogens is 286 g/mol. The zero-order valence-electron chi connectivity index (χ0n) is 13.5. The number of sulfonamides is 1. The molecule has 21 heavy (non-hydrogen) atoms. The highest BCUT2D eigenvalue weighted by Gasteiger charge is 2.14. The molecule has 0 heterocycles. The van der Waals surface area contributed by atoms with Crippen LogP contribution in [0, 0.1) is 0 Å². The summed E-state index contributed by atoms with van der Waals surface area (Å²) in [5, 5.41) is 0. The molecule has 0 unspecified atom stereocenters. The van der Waals surface area contributed by atoms with Gasteiger partial charge in [-0.3, -0.25) is 0 Å². The van der Waals surface area contributed by atoms with Gasteiger partial charge in [-0.25, -0.2) is 13.1 Å². The number of nitrogens with one attached hydrogen (secondary N) is 1. The smallest absolute Gasteiger partial charge is 0.211 e. The first-order valence-electron chi connectivity index (χ1n) is 7.30. The van der Waals surface area contributed by atoms with Crippen LogP contribution in [0.15, 0.2) is 24.3 Å². The summed E-state index contributed by atoms with van der Waals surface area (Å²) in [5.41, 5.74) is 2.42. The van der Waals surface area contributed by atoms with Crippen LogP contribution in [0.5, 0.6) is 0 Å². The molecule has 0 saturated carbocycles. The Kier molecular flexibility index (Phi) is 6.84. The van der Waals surface area contributed by atoms with Crippen LogP contribution >= 0.6 is 0 Å². The molecular formula is C16H27NO3S. The number of methoxy groups -OCH3 is 1. The maximum Gasteiger partial charge on any atom is 0.211 e. The van der Waals surface area contributed by atoms with E-state index in [9.17, 15) is 8.42 Å². The van der Waals surface area contributed by atoms with Gasteiger partial charge in [0.2, 0.25) is 10.0 Å². The predicted octanol–water partition coefficient (Wildman–Crippen LogP) is 2.48. The van der Waals surface area contributed by atoms with Crippen molar-refractivity contribution in [3.63, 3.8) is 0 Å². The highest BCUT2D eigenvalue weighted by Crippen LogP contribution is 2.22. The summed E-state index contributed by atoms with van der Waals surface area (Å²) in [6, 6.07) is 8.18. The van der Waals surface area contributed by atoms with Crippen LogP contribution in [0.25, 0.3) is 0 Å². The Bertz CT molecular complexity index is 515. The van der Waals surface area contributed by atoms with Gasteiger partial charge in [0, 0.05) is 20.3 Å². The fourth-order valence-corrected chi connectivity index (χ4v) is 3.04.